The van der Waals surface area contributed by atoms with Gasteiger partial charge in [0, 0.05) is 11.4 Å². The predicted molar refractivity (Wildman–Crippen MR) is 93.7 cm³/mol. The summed E-state index contributed by atoms with van der Waals surface area (Å²) < 4.78 is 0. The maximum Gasteiger partial charge on any atom is 0.175 e. The van der Waals surface area contributed by atoms with Crippen LogP contribution >= 0.6 is 24.4 Å². The van der Waals surface area contributed by atoms with Gasteiger partial charge in [-0.15, -0.1) is 0 Å². The molecule has 0 spiro atoms. The third kappa shape index (κ3) is 7.30. The second-order valence-corrected chi connectivity index (χ2v) is 4.59. The molecule has 0 saturated carbocycles. The summed E-state index contributed by atoms with van der Waals surface area (Å²) in [6, 6.07) is 19.7. The first-order valence-electron chi connectivity index (χ1n) is 5.81. The Hall–Kier alpha value is -2.18. The molecule has 6 heteroatoms. The molecule has 0 atom stereocenters. The predicted octanol–water partition coefficient (Wildman–Crippen LogP) is 2.68. The van der Waals surface area contributed by atoms with Crippen molar-refractivity contribution in [2.24, 2.45) is 11.5 Å². The zero-order valence-electron chi connectivity index (χ0n) is 10.7. The standard InChI is InChI=1S/C13H12N2S.CH4N2S/c16-13(14-11-7-3-1-4-8-11)15-12-9-5-2-6-10-12;2-1(3)4/h1-10H,(H2,14,15,16);(H4,2,3,4). The Morgan fingerprint density at radius 3 is 1.30 bits per heavy atom. The molecular weight excluding hydrogens is 288 g/mol. The van der Waals surface area contributed by atoms with E-state index in [1.807, 2.05) is 60.7 Å². The van der Waals surface area contributed by atoms with Crippen molar-refractivity contribution in [1.82, 2.24) is 0 Å². The van der Waals surface area contributed by atoms with Gasteiger partial charge in [-0.2, -0.15) is 0 Å². The van der Waals surface area contributed by atoms with E-state index in [0.29, 0.717) is 5.11 Å². The van der Waals surface area contributed by atoms with Gasteiger partial charge in [0.1, 0.15) is 0 Å². The molecule has 0 aliphatic rings. The Morgan fingerprint density at radius 1 is 0.700 bits per heavy atom. The van der Waals surface area contributed by atoms with Crippen molar-refractivity contribution in [2.45, 2.75) is 0 Å². The first-order valence-corrected chi connectivity index (χ1v) is 6.62. The third-order valence-corrected chi connectivity index (χ3v) is 2.27. The van der Waals surface area contributed by atoms with Crippen LogP contribution in [-0.4, -0.2) is 10.2 Å². The summed E-state index contributed by atoms with van der Waals surface area (Å²) in [5, 5.41) is 6.82. The second-order valence-electron chi connectivity index (χ2n) is 3.71. The quantitative estimate of drug-likeness (QED) is 0.639. The van der Waals surface area contributed by atoms with Crippen molar-refractivity contribution in [1.29, 1.82) is 0 Å². The lowest BCUT2D eigenvalue weighted by molar-refractivity contribution is 1.60. The Kier molecular flexibility index (Phi) is 7.02. The summed E-state index contributed by atoms with van der Waals surface area (Å²) in [4.78, 5) is 0. The molecule has 0 bridgehead atoms. The van der Waals surface area contributed by atoms with Gasteiger partial charge in [0.25, 0.3) is 0 Å². The maximum absolute atomic E-state index is 5.20. The SMILES string of the molecule is NC(N)=S.S=C(Nc1ccccc1)Nc1ccccc1. The number of hydrogen-bond donors (Lipinski definition) is 4. The molecule has 0 aliphatic carbocycles. The molecule has 0 radical (unpaired) electrons. The van der Waals surface area contributed by atoms with Gasteiger partial charge in [-0.1, -0.05) is 36.4 Å². The fraction of sp³-hybridized carbons (Fsp3) is 0. The van der Waals surface area contributed by atoms with E-state index < -0.39 is 0 Å². The number of thiocarbonyl (C=S) groups is 2. The summed E-state index contributed by atoms with van der Waals surface area (Å²) in [6.45, 7) is 0. The molecule has 2 rings (SSSR count). The number of para-hydroxylation sites is 2. The zero-order valence-corrected chi connectivity index (χ0v) is 12.4. The smallest absolute Gasteiger partial charge is 0.175 e. The van der Waals surface area contributed by atoms with E-state index in [9.17, 15) is 0 Å². The van der Waals surface area contributed by atoms with Crippen molar-refractivity contribution in [2.75, 3.05) is 10.6 Å². The van der Waals surface area contributed by atoms with Crippen LogP contribution in [0.15, 0.2) is 60.7 Å². The van der Waals surface area contributed by atoms with E-state index in [4.69, 9.17) is 12.2 Å². The summed E-state index contributed by atoms with van der Waals surface area (Å²) in [7, 11) is 0. The van der Waals surface area contributed by atoms with Crippen LogP contribution in [0.3, 0.4) is 0 Å². The maximum atomic E-state index is 5.20. The number of nitrogens with one attached hydrogen (secondary N) is 2. The number of benzene rings is 2. The minimum atomic E-state index is 0.000000000000000222. The summed E-state index contributed by atoms with van der Waals surface area (Å²) in [5.74, 6) is 0. The van der Waals surface area contributed by atoms with Crippen LogP contribution in [0.2, 0.25) is 0 Å². The molecule has 0 fully saturated rings. The number of anilines is 2. The average Bonchev–Trinajstić information content (AvgIpc) is 2.40. The fourth-order valence-corrected chi connectivity index (χ4v) is 1.57. The van der Waals surface area contributed by atoms with Crippen molar-refractivity contribution in [3.63, 3.8) is 0 Å². The Balaban J connectivity index is 0.000000444. The first-order chi connectivity index (χ1) is 9.58. The van der Waals surface area contributed by atoms with Gasteiger partial charge in [-0.25, -0.2) is 0 Å². The van der Waals surface area contributed by atoms with Gasteiger partial charge in [0.05, 0.1) is 0 Å². The molecule has 6 N–H and O–H groups in total. The van der Waals surface area contributed by atoms with Gasteiger partial charge in [-0.3, -0.25) is 0 Å². The molecule has 104 valence electrons. The minimum absolute atomic E-state index is 0.000000000000000222. The monoisotopic (exact) mass is 304 g/mol. The Labute approximate surface area is 129 Å². The Bertz CT molecular complexity index is 496. The number of hydrogen-bond acceptors (Lipinski definition) is 2. The van der Waals surface area contributed by atoms with Crippen LogP contribution in [0.4, 0.5) is 11.4 Å². The van der Waals surface area contributed by atoms with Crippen LogP contribution in [0.1, 0.15) is 0 Å². The molecule has 0 saturated heterocycles. The zero-order chi connectivity index (χ0) is 14.8. The number of rotatable bonds is 2. The van der Waals surface area contributed by atoms with E-state index in [1.54, 1.807) is 0 Å². The van der Waals surface area contributed by atoms with Gasteiger partial charge >= 0.3 is 0 Å². The molecule has 0 aromatic heterocycles. The van der Waals surface area contributed by atoms with E-state index in [0.717, 1.165) is 11.4 Å². The van der Waals surface area contributed by atoms with Crippen LogP contribution in [-0.2, 0) is 0 Å². The highest BCUT2D eigenvalue weighted by molar-refractivity contribution is 7.80. The third-order valence-electron chi connectivity index (χ3n) is 2.06. The molecule has 0 amide bonds. The minimum Gasteiger partial charge on any atom is -0.377 e. The molecule has 0 aliphatic heterocycles. The van der Waals surface area contributed by atoms with E-state index >= 15 is 0 Å². The highest BCUT2D eigenvalue weighted by Crippen LogP contribution is 2.08. The lowest BCUT2D eigenvalue weighted by Gasteiger charge is -2.09. The van der Waals surface area contributed by atoms with Crippen molar-refractivity contribution in [3.8, 4) is 0 Å². The summed E-state index contributed by atoms with van der Waals surface area (Å²) in [6.07, 6.45) is 0. The van der Waals surface area contributed by atoms with Gasteiger partial charge in [0.15, 0.2) is 10.2 Å². The van der Waals surface area contributed by atoms with Crippen LogP contribution in [0, 0.1) is 0 Å². The average molecular weight is 304 g/mol. The molecule has 0 heterocycles. The highest BCUT2D eigenvalue weighted by Gasteiger charge is 1.96. The topological polar surface area (TPSA) is 76.1 Å². The van der Waals surface area contributed by atoms with Crippen molar-refractivity contribution < 1.29 is 0 Å². The molecule has 4 nitrogen and oxygen atoms in total. The number of nitrogens with two attached hydrogens (primary N) is 2. The first kappa shape index (κ1) is 15.9. The van der Waals surface area contributed by atoms with Crippen molar-refractivity contribution >= 4 is 46.0 Å². The normalized spacial score (nSPS) is 8.80. The lowest BCUT2D eigenvalue weighted by Crippen LogP contribution is -2.18. The van der Waals surface area contributed by atoms with Crippen LogP contribution < -0.4 is 22.1 Å². The molecule has 20 heavy (non-hydrogen) atoms. The van der Waals surface area contributed by atoms with Gasteiger partial charge in [-0.05, 0) is 48.7 Å². The lowest BCUT2D eigenvalue weighted by atomic mass is 10.3. The largest absolute Gasteiger partial charge is 0.377 e. The van der Waals surface area contributed by atoms with E-state index in [-0.39, 0.29) is 5.11 Å². The second kappa shape index (κ2) is 8.84. The molecule has 0 unspecified atom stereocenters. The Morgan fingerprint density at radius 2 is 1.00 bits per heavy atom. The van der Waals surface area contributed by atoms with Crippen LogP contribution in [0.25, 0.3) is 0 Å². The highest BCUT2D eigenvalue weighted by atomic mass is 32.1. The van der Waals surface area contributed by atoms with E-state index in [2.05, 4.69) is 34.3 Å². The van der Waals surface area contributed by atoms with Gasteiger partial charge in [0.2, 0.25) is 0 Å². The molecule has 2 aromatic carbocycles. The molecular formula is C14H16N4S2. The summed E-state index contributed by atoms with van der Waals surface area (Å²) in [5.41, 5.74) is 11.2. The van der Waals surface area contributed by atoms with Gasteiger partial charge < -0.3 is 22.1 Å². The van der Waals surface area contributed by atoms with Crippen molar-refractivity contribution in [3.05, 3.63) is 60.7 Å². The fourth-order valence-electron chi connectivity index (χ4n) is 1.34. The molecule has 2 aromatic rings. The van der Waals surface area contributed by atoms with E-state index in [1.165, 1.54) is 0 Å². The van der Waals surface area contributed by atoms with Crippen LogP contribution in [0.5, 0.6) is 0 Å². The summed E-state index contributed by atoms with van der Waals surface area (Å²) >= 11 is 9.29.